The third kappa shape index (κ3) is 2.62. The largest absolute Gasteiger partial charge is 0.335 e. The Morgan fingerprint density at radius 2 is 1.31 bits per heavy atom. The molecule has 0 unspecified atom stereocenters. The zero-order valence-electron chi connectivity index (χ0n) is 18.8. The van der Waals surface area contributed by atoms with Crippen molar-refractivity contribution in [3.8, 4) is 12.3 Å². The van der Waals surface area contributed by atoms with Crippen molar-refractivity contribution in [2.24, 2.45) is 16.9 Å². The summed E-state index contributed by atoms with van der Waals surface area (Å²) in [6.07, 6.45) is 9.07. The summed E-state index contributed by atoms with van der Waals surface area (Å²) in [6.45, 7) is 0.431. The number of rotatable bonds is 3. The maximum atomic E-state index is 13.7. The number of para-hydroxylation sites is 1. The maximum absolute atomic E-state index is 13.7. The van der Waals surface area contributed by atoms with Crippen molar-refractivity contribution in [2.75, 3.05) is 0 Å². The van der Waals surface area contributed by atoms with E-state index in [-0.39, 0.29) is 23.7 Å². The molecular weight excluding hydrogens is 434 g/mol. The predicted octanol–water partition coefficient (Wildman–Crippen LogP) is 4.50. The van der Waals surface area contributed by atoms with E-state index in [1.165, 1.54) is 0 Å². The molecule has 1 fully saturated rings. The number of carbonyl (C=O) groups is 2. The number of carbonyl (C=O) groups excluding carboxylic acids is 2. The molecule has 3 aromatic carbocycles. The van der Waals surface area contributed by atoms with Gasteiger partial charge in [0.05, 0.1) is 24.6 Å². The number of imide groups is 1. The number of nitrogens with zero attached hydrogens (tertiary/aromatic N) is 3. The first kappa shape index (κ1) is 20.0. The van der Waals surface area contributed by atoms with Crippen LogP contribution in [-0.4, -0.2) is 27.6 Å². The molecular formula is C30H21N3O2. The number of benzene rings is 3. The first-order chi connectivity index (χ1) is 17.2. The van der Waals surface area contributed by atoms with Gasteiger partial charge in [-0.3, -0.25) is 9.59 Å². The molecule has 4 aromatic rings. The fourth-order valence-corrected chi connectivity index (χ4v) is 6.50. The minimum Gasteiger partial charge on any atom is -0.335 e. The zero-order valence-corrected chi connectivity index (χ0v) is 18.8. The summed E-state index contributed by atoms with van der Waals surface area (Å²) in [7, 11) is 0. The Hall–Kier alpha value is -4.43. The molecule has 5 nitrogen and oxygen atoms in total. The Kier molecular flexibility index (Phi) is 4.16. The highest BCUT2D eigenvalue weighted by molar-refractivity contribution is 6.08. The van der Waals surface area contributed by atoms with E-state index in [1.54, 1.807) is 6.21 Å². The molecule has 35 heavy (non-hydrogen) atoms. The summed E-state index contributed by atoms with van der Waals surface area (Å²) >= 11 is 0. The summed E-state index contributed by atoms with van der Waals surface area (Å²) < 4.78 is 1.97. The molecule has 2 heterocycles. The smallest absolute Gasteiger partial charge is 0.254 e. The van der Waals surface area contributed by atoms with Crippen molar-refractivity contribution in [3.05, 3.63) is 107 Å². The quantitative estimate of drug-likeness (QED) is 0.260. The molecule has 5 heteroatoms. The van der Waals surface area contributed by atoms with Gasteiger partial charge in [-0.2, -0.15) is 10.1 Å². The average Bonchev–Trinajstić information content (AvgIpc) is 3.37. The lowest BCUT2D eigenvalue weighted by Crippen LogP contribution is -2.41. The van der Waals surface area contributed by atoms with E-state index in [0.717, 1.165) is 43.7 Å². The average molecular weight is 456 g/mol. The second kappa shape index (κ2) is 7.28. The van der Waals surface area contributed by atoms with Crippen LogP contribution in [0.5, 0.6) is 0 Å². The van der Waals surface area contributed by atoms with Gasteiger partial charge >= 0.3 is 0 Å². The Labute approximate surface area is 202 Å². The Morgan fingerprint density at radius 1 is 0.800 bits per heavy atom. The van der Waals surface area contributed by atoms with Crippen LogP contribution in [0.1, 0.15) is 39.7 Å². The minimum atomic E-state index is -0.433. The topological polar surface area (TPSA) is 54.7 Å². The van der Waals surface area contributed by atoms with Crippen LogP contribution in [0.2, 0.25) is 0 Å². The number of fused-ring (bicyclic) bond motifs is 1. The molecule has 0 radical (unpaired) electrons. The van der Waals surface area contributed by atoms with Crippen LogP contribution in [0.4, 0.5) is 0 Å². The zero-order chi connectivity index (χ0) is 23.7. The van der Waals surface area contributed by atoms with Crippen molar-refractivity contribution in [2.45, 2.75) is 18.4 Å². The SMILES string of the molecule is C#CCn1cc(/C=N\N2C(=O)[C@@H]3C4c5ccccc5C(c5ccccc54)[C@@H]3C2=O)c2ccccc21. The van der Waals surface area contributed by atoms with Crippen LogP contribution in [0.25, 0.3) is 10.9 Å². The highest BCUT2D eigenvalue weighted by atomic mass is 16.2. The van der Waals surface area contributed by atoms with Crippen LogP contribution >= 0.6 is 0 Å². The standard InChI is InChI=1S/C30H21N3O2/c1-2-15-32-17-18(19-9-7-8-14-24(19)32)16-31-33-29(34)27-25-20-10-3-4-11-21(20)26(28(27)30(33)35)23-13-6-5-12-22(23)25/h1,3-14,16-17,25-28H,15H2/b31-16-/t25?,26?,27-,28+. The predicted molar refractivity (Wildman–Crippen MR) is 134 cm³/mol. The number of aromatic nitrogens is 1. The second-order valence-corrected chi connectivity index (χ2v) is 9.43. The molecule has 0 saturated carbocycles. The minimum absolute atomic E-state index is 0.133. The lowest BCUT2D eigenvalue weighted by molar-refractivity contribution is -0.139. The van der Waals surface area contributed by atoms with Crippen molar-refractivity contribution in [3.63, 3.8) is 0 Å². The maximum Gasteiger partial charge on any atom is 0.254 e. The van der Waals surface area contributed by atoms with Gasteiger partial charge in [-0.25, -0.2) is 0 Å². The summed E-state index contributed by atoms with van der Waals surface area (Å²) in [4.78, 5) is 27.4. The number of hydrogen-bond acceptors (Lipinski definition) is 3. The van der Waals surface area contributed by atoms with Gasteiger partial charge < -0.3 is 4.57 Å². The highest BCUT2D eigenvalue weighted by Crippen LogP contribution is 2.60. The van der Waals surface area contributed by atoms with E-state index in [1.807, 2.05) is 59.3 Å². The van der Waals surface area contributed by atoms with E-state index < -0.39 is 11.8 Å². The molecule has 1 aliphatic heterocycles. The third-order valence-corrected chi connectivity index (χ3v) is 7.82. The number of hydrogen-bond donors (Lipinski definition) is 0. The van der Waals surface area contributed by atoms with Gasteiger partial charge in [0, 0.05) is 34.5 Å². The molecule has 2 amide bonds. The van der Waals surface area contributed by atoms with Crippen LogP contribution in [0, 0.1) is 24.2 Å². The van der Waals surface area contributed by atoms with Crippen LogP contribution < -0.4 is 0 Å². The summed E-state index contributed by atoms with van der Waals surface area (Å²) in [5, 5.41) is 6.56. The van der Waals surface area contributed by atoms with Crippen molar-refractivity contribution < 1.29 is 9.59 Å². The van der Waals surface area contributed by atoms with Gasteiger partial charge in [0.1, 0.15) is 0 Å². The van der Waals surface area contributed by atoms with Gasteiger partial charge in [0.2, 0.25) is 0 Å². The summed E-state index contributed by atoms with van der Waals surface area (Å²) in [5.74, 6) is 1.10. The molecule has 3 aliphatic carbocycles. The normalized spacial score (nSPS) is 24.0. The van der Waals surface area contributed by atoms with Crippen molar-refractivity contribution in [1.29, 1.82) is 0 Å². The fraction of sp³-hybridized carbons (Fsp3) is 0.167. The number of terminal acetylenes is 1. The number of amides is 2. The molecule has 2 bridgehead atoms. The van der Waals surface area contributed by atoms with Crippen LogP contribution in [-0.2, 0) is 16.1 Å². The van der Waals surface area contributed by atoms with Crippen LogP contribution in [0.3, 0.4) is 0 Å². The molecule has 1 aromatic heterocycles. The number of hydrazone groups is 1. The van der Waals surface area contributed by atoms with Gasteiger partial charge in [-0.15, -0.1) is 6.42 Å². The summed E-state index contributed by atoms with van der Waals surface area (Å²) in [6, 6.07) is 24.4. The van der Waals surface area contributed by atoms with E-state index in [2.05, 4.69) is 35.3 Å². The first-order valence-electron chi connectivity index (χ1n) is 11.8. The second-order valence-electron chi connectivity index (χ2n) is 9.43. The van der Waals surface area contributed by atoms with E-state index in [4.69, 9.17) is 6.42 Å². The van der Waals surface area contributed by atoms with Gasteiger partial charge in [0.25, 0.3) is 11.8 Å². The molecule has 168 valence electrons. The molecule has 8 rings (SSSR count). The molecule has 0 N–H and O–H groups in total. The lowest BCUT2D eigenvalue weighted by Gasteiger charge is -2.45. The Morgan fingerprint density at radius 3 is 1.86 bits per heavy atom. The van der Waals surface area contributed by atoms with Gasteiger partial charge in [0.15, 0.2) is 0 Å². The van der Waals surface area contributed by atoms with E-state index in [0.29, 0.717) is 6.54 Å². The van der Waals surface area contributed by atoms with Gasteiger partial charge in [-0.1, -0.05) is 72.7 Å². The summed E-state index contributed by atoms with van der Waals surface area (Å²) in [5.41, 5.74) is 6.43. The monoisotopic (exact) mass is 455 g/mol. The Balaban J connectivity index is 1.31. The van der Waals surface area contributed by atoms with Gasteiger partial charge in [-0.05, 0) is 28.3 Å². The first-order valence-corrected chi connectivity index (χ1v) is 11.8. The molecule has 1 saturated heterocycles. The molecule has 0 spiro atoms. The fourth-order valence-electron chi connectivity index (χ4n) is 6.50. The van der Waals surface area contributed by atoms with E-state index in [9.17, 15) is 9.59 Å². The molecule has 4 aliphatic rings. The third-order valence-electron chi connectivity index (χ3n) is 7.82. The van der Waals surface area contributed by atoms with Crippen LogP contribution in [0.15, 0.2) is 84.1 Å². The lowest BCUT2D eigenvalue weighted by atomic mass is 9.55. The Bertz CT molecular complexity index is 1510. The van der Waals surface area contributed by atoms with Crippen molar-refractivity contribution >= 4 is 28.9 Å². The molecule has 2 atom stereocenters. The van der Waals surface area contributed by atoms with E-state index >= 15 is 0 Å². The highest BCUT2D eigenvalue weighted by Gasteiger charge is 2.61. The van der Waals surface area contributed by atoms with Crippen molar-refractivity contribution in [1.82, 2.24) is 9.58 Å².